The third-order valence-electron chi connectivity index (χ3n) is 2.40. The van der Waals surface area contributed by atoms with Gasteiger partial charge >= 0.3 is 23.8 Å². The molecule has 0 bridgehead atoms. The van der Waals surface area contributed by atoms with Crippen LogP contribution >= 0.6 is 11.6 Å². The van der Waals surface area contributed by atoms with Crippen molar-refractivity contribution in [2.45, 2.75) is 18.9 Å². The predicted octanol–water partition coefficient (Wildman–Crippen LogP) is 2.49. The normalized spacial score (nSPS) is 21.6. The molecule has 9 heteroatoms. The molecular formula is C11H7ClF3NO4. The molecule has 20 heavy (non-hydrogen) atoms. The minimum Gasteiger partial charge on any atom is -0.435 e. The van der Waals surface area contributed by atoms with Crippen molar-refractivity contribution < 1.29 is 32.2 Å². The number of hydrogen-bond donors (Lipinski definition) is 1. The van der Waals surface area contributed by atoms with Crippen LogP contribution in [0.5, 0.6) is 5.75 Å². The summed E-state index contributed by atoms with van der Waals surface area (Å²) in [7, 11) is 0. The van der Waals surface area contributed by atoms with Gasteiger partial charge in [0.05, 0.1) is 5.69 Å². The van der Waals surface area contributed by atoms with E-state index in [0.29, 0.717) is 0 Å². The van der Waals surface area contributed by atoms with Crippen LogP contribution in [0.3, 0.4) is 0 Å². The third-order valence-corrected chi connectivity index (χ3v) is 2.64. The van der Waals surface area contributed by atoms with E-state index in [0.717, 1.165) is 13.0 Å². The summed E-state index contributed by atoms with van der Waals surface area (Å²) in [5, 5.41) is 2.15. The van der Waals surface area contributed by atoms with Crippen molar-refractivity contribution in [1.29, 1.82) is 0 Å². The van der Waals surface area contributed by atoms with Crippen LogP contribution in [-0.2, 0) is 14.3 Å². The first-order chi connectivity index (χ1) is 9.15. The summed E-state index contributed by atoms with van der Waals surface area (Å²) in [5.41, 5.74) is -0.0467. The summed E-state index contributed by atoms with van der Waals surface area (Å²) in [4.78, 5) is 22.6. The van der Waals surface area contributed by atoms with Gasteiger partial charge in [0.25, 0.3) is 0 Å². The highest BCUT2D eigenvalue weighted by molar-refractivity contribution is 6.31. The van der Waals surface area contributed by atoms with E-state index in [-0.39, 0.29) is 16.5 Å². The number of carbonyl (C=O) groups is 2. The van der Waals surface area contributed by atoms with Crippen molar-refractivity contribution in [3.8, 4) is 5.75 Å². The molecule has 5 nitrogen and oxygen atoms in total. The van der Waals surface area contributed by atoms with E-state index in [4.69, 9.17) is 11.6 Å². The summed E-state index contributed by atoms with van der Waals surface area (Å²) in [6.45, 7) is 0.738. The Morgan fingerprint density at radius 2 is 2.10 bits per heavy atom. The Hall–Kier alpha value is -1.96. The number of halogens is 4. The standard InChI is InChI=1S/C11H7ClF3NO4/c1-5(17)19-10(11(13,14)15)9(18)16-7-4-6(12)2-3-8(7)20-10/h2-4H,1H3,(H,16,18)/t10-/m0/s1. The average Bonchev–Trinajstić information content (AvgIpc) is 2.28. The van der Waals surface area contributed by atoms with E-state index in [1.54, 1.807) is 0 Å². The minimum absolute atomic E-state index is 0.0467. The van der Waals surface area contributed by atoms with Crippen molar-refractivity contribution in [2.75, 3.05) is 5.32 Å². The Kier molecular flexibility index (Phi) is 3.29. The predicted molar refractivity (Wildman–Crippen MR) is 61.3 cm³/mol. The molecular weight excluding hydrogens is 303 g/mol. The third kappa shape index (κ3) is 2.26. The molecule has 1 aromatic carbocycles. The molecule has 0 aromatic heterocycles. The van der Waals surface area contributed by atoms with Gasteiger partial charge in [-0.3, -0.25) is 9.59 Å². The average molecular weight is 310 g/mol. The van der Waals surface area contributed by atoms with E-state index in [1.807, 2.05) is 5.32 Å². The quantitative estimate of drug-likeness (QED) is 0.810. The van der Waals surface area contributed by atoms with Crippen LogP contribution in [0.15, 0.2) is 18.2 Å². The van der Waals surface area contributed by atoms with E-state index in [9.17, 15) is 22.8 Å². The molecule has 0 unspecified atom stereocenters. The lowest BCUT2D eigenvalue weighted by Gasteiger charge is -2.36. The molecule has 108 valence electrons. The highest BCUT2D eigenvalue weighted by Crippen LogP contribution is 2.43. The summed E-state index contributed by atoms with van der Waals surface area (Å²) in [6.07, 6.45) is -5.25. The lowest BCUT2D eigenvalue weighted by molar-refractivity contribution is -0.320. The Bertz CT molecular complexity index is 590. The SMILES string of the molecule is CC(=O)O[C@]1(C(F)(F)F)Oc2ccc(Cl)cc2NC1=O. The van der Waals surface area contributed by atoms with Gasteiger partial charge in [-0.05, 0) is 18.2 Å². The second-order valence-electron chi connectivity index (χ2n) is 3.90. The lowest BCUT2D eigenvalue weighted by atomic mass is 10.1. The molecule has 1 aromatic rings. The molecule has 1 heterocycles. The molecule has 0 saturated heterocycles. The van der Waals surface area contributed by atoms with Gasteiger partial charge in [-0.25, -0.2) is 0 Å². The summed E-state index contributed by atoms with van der Waals surface area (Å²) in [6, 6.07) is 3.61. The van der Waals surface area contributed by atoms with Crippen LogP contribution in [0, 0.1) is 0 Å². The van der Waals surface area contributed by atoms with Crippen molar-refractivity contribution >= 4 is 29.2 Å². The van der Waals surface area contributed by atoms with Gasteiger partial charge in [0.15, 0.2) is 0 Å². The smallest absolute Gasteiger partial charge is 0.435 e. The molecule has 2 rings (SSSR count). The number of nitrogens with one attached hydrogen (secondary N) is 1. The number of anilines is 1. The summed E-state index contributed by atoms with van der Waals surface area (Å²) >= 11 is 5.66. The molecule has 1 N–H and O–H groups in total. The fourth-order valence-corrected chi connectivity index (χ4v) is 1.78. The van der Waals surface area contributed by atoms with E-state index >= 15 is 0 Å². The van der Waals surface area contributed by atoms with Crippen LogP contribution < -0.4 is 10.1 Å². The molecule has 0 aliphatic carbocycles. The van der Waals surface area contributed by atoms with E-state index in [2.05, 4.69) is 9.47 Å². The number of ether oxygens (including phenoxy) is 2. The van der Waals surface area contributed by atoms with Crippen LogP contribution in [0.1, 0.15) is 6.92 Å². The molecule has 1 aliphatic rings. The fourth-order valence-electron chi connectivity index (χ4n) is 1.61. The largest absolute Gasteiger partial charge is 0.478 e. The molecule has 0 saturated carbocycles. The Morgan fingerprint density at radius 1 is 1.45 bits per heavy atom. The fraction of sp³-hybridized carbons (Fsp3) is 0.273. The molecule has 0 radical (unpaired) electrons. The number of hydrogen-bond acceptors (Lipinski definition) is 4. The topological polar surface area (TPSA) is 64.6 Å². The second kappa shape index (κ2) is 4.55. The zero-order valence-electron chi connectivity index (χ0n) is 9.88. The first-order valence-electron chi connectivity index (χ1n) is 5.22. The molecule has 1 aliphatic heterocycles. The second-order valence-corrected chi connectivity index (χ2v) is 4.34. The highest BCUT2D eigenvalue weighted by atomic mass is 35.5. The Labute approximate surface area is 115 Å². The van der Waals surface area contributed by atoms with Gasteiger partial charge in [0, 0.05) is 11.9 Å². The number of esters is 1. The van der Waals surface area contributed by atoms with E-state index < -0.39 is 23.8 Å². The van der Waals surface area contributed by atoms with Gasteiger partial charge in [-0.15, -0.1) is 0 Å². The summed E-state index contributed by atoms with van der Waals surface area (Å²) < 4.78 is 48.0. The Morgan fingerprint density at radius 3 is 2.65 bits per heavy atom. The van der Waals surface area contributed by atoms with Crippen LogP contribution in [0.2, 0.25) is 5.02 Å². The van der Waals surface area contributed by atoms with Crippen LogP contribution in [-0.4, -0.2) is 23.8 Å². The highest BCUT2D eigenvalue weighted by Gasteiger charge is 2.69. The van der Waals surface area contributed by atoms with Crippen molar-refractivity contribution in [3.63, 3.8) is 0 Å². The maximum atomic E-state index is 13.1. The van der Waals surface area contributed by atoms with Gasteiger partial charge in [-0.2, -0.15) is 13.2 Å². The number of fused-ring (bicyclic) bond motifs is 1. The first kappa shape index (κ1) is 14.4. The van der Waals surface area contributed by atoms with Crippen LogP contribution in [0.25, 0.3) is 0 Å². The van der Waals surface area contributed by atoms with Gasteiger partial charge in [-0.1, -0.05) is 11.6 Å². The lowest BCUT2D eigenvalue weighted by Crippen LogP contribution is -2.63. The van der Waals surface area contributed by atoms with Gasteiger partial charge in [0.1, 0.15) is 5.75 Å². The monoisotopic (exact) mass is 309 g/mol. The van der Waals surface area contributed by atoms with Gasteiger partial charge in [0.2, 0.25) is 0 Å². The Balaban J connectivity index is 2.52. The van der Waals surface area contributed by atoms with Gasteiger partial charge < -0.3 is 14.8 Å². The number of benzene rings is 1. The van der Waals surface area contributed by atoms with E-state index in [1.165, 1.54) is 12.1 Å². The maximum Gasteiger partial charge on any atom is 0.478 e. The maximum absolute atomic E-state index is 13.1. The number of carbonyl (C=O) groups excluding carboxylic acids is 2. The van der Waals surface area contributed by atoms with Crippen molar-refractivity contribution in [2.24, 2.45) is 0 Å². The van der Waals surface area contributed by atoms with Crippen LogP contribution in [0.4, 0.5) is 18.9 Å². The molecule has 0 fully saturated rings. The first-order valence-corrected chi connectivity index (χ1v) is 5.60. The number of alkyl halides is 3. The minimum atomic E-state index is -5.25. The van der Waals surface area contributed by atoms with Crippen molar-refractivity contribution in [1.82, 2.24) is 0 Å². The summed E-state index contributed by atoms with van der Waals surface area (Å²) in [5.74, 6) is -6.99. The zero-order valence-corrected chi connectivity index (χ0v) is 10.6. The number of amides is 1. The molecule has 1 amide bonds. The number of rotatable bonds is 1. The van der Waals surface area contributed by atoms with Crippen molar-refractivity contribution in [3.05, 3.63) is 23.2 Å². The zero-order chi connectivity index (χ0) is 15.1. The molecule has 1 atom stereocenters. The molecule has 0 spiro atoms.